The standard InChI is InChI=1S/C21H28N2O/c1-2-3-4-5-11-16-24-21-15-10-9-14-20(21)18-23-22-17-19-12-7-6-8-13-19/h6-10,12-15,18,22H,2-5,11,16-17H2,1H3. The molecule has 0 saturated heterocycles. The third-order valence-electron chi connectivity index (χ3n) is 3.85. The van der Waals surface area contributed by atoms with Gasteiger partial charge in [-0.1, -0.05) is 75.1 Å². The number of rotatable bonds is 11. The number of para-hydroxylation sites is 1. The number of nitrogens with one attached hydrogen (secondary N) is 1. The van der Waals surface area contributed by atoms with Crippen LogP contribution in [0, 0.1) is 0 Å². The molecule has 0 aliphatic heterocycles. The number of unbranched alkanes of at least 4 members (excludes halogenated alkanes) is 4. The van der Waals surface area contributed by atoms with Crippen LogP contribution in [0.3, 0.4) is 0 Å². The van der Waals surface area contributed by atoms with E-state index in [1.165, 1.54) is 31.2 Å². The predicted molar refractivity (Wildman–Crippen MR) is 102 cm³/mol. The molecular formula is C21H28N2O. The molecule has 24 heavy (non-hydrogen) atoms. The van der Waals surface area contributed by atoms with Crippen molar-refractivity contribution in [2.45, 2.75) is 45.6 Å². The van der Waals surface area contributed by atoms with Crippen LogP contribution in [0.1, 0.15) is 50.2 Å². The van der Waals surface area contributed by atoms with Gasteiger partial charge in [0.1, 0.15) is 5.75 Å². The van der Waals surface area contributed by atoms with Gasteiger partial charge >= 0.3 is 0 Å². The van der Waals surface area contributed by atoms with Crippen LogP contribution in [-0.2, 0) is 6.54 Å². The van der Waals surface area contributed by atoms with E-state index in [2.05, 4.69) is 29.6 Å². The monoisotopic (exact) mass is 324 g/mol. The molecule has 0 aliphatic rings. The van der Waals surface area contributed by atoms with Crippen molar-refractivity contribution >= 4 is 6.21 Å². The highest BCUT2D eigenvalue weighted by Gasteiger charge is 2.00. The SMILES string of the molecule is CCCCCCCOc1ccccc1C=NNCc1ccccc1. The summed E-state index contributed by atoms with van der Waals surface area (Å²) < 4.78 is 5.91. The van der Waals surface area contributed by atoms with Crippen molar-refractivity contribution in [3.63, 3.8) is 0 Å². The second kappa shape index (κ2) is 11.3. The second-order valence-electron chi connectivity index (χ2n) is 5.88. The maximum absolute atomic E-state index is 5.91. The fraction of sp³-hybridized carbons (Fsp3) is 0.381. The molecule has 0 spiro atoms. The zero-order valence-electron chi connectivity index (χ0n) is 14.6. The third-order valence-corrected chi connectivity index (χ3v) is 3.85. The molecule has 0 saturated carbocycles. The van der Waals surface area contributed by atoms with E-state index in [0.29, 0.717) is 0 Å². The van der Waals surface area contributed by atoms with Crippen molar-refractivity contribution in [1.29, 1.82) is 0 Å². The molecule has 0 atom stereocenters. The van der Waals surface area contributed by atoms with Crippen molar-refractivity contribution in [1.82, 2.24) is 5.43 Å². The molecule has 2 aromatic carbocycles. The van der Waals surface area contributed by atoms with Crippen LogP contribution in [0.15, 0.2) is 59.7 Å². The molecule has 2 rings (SSSR count). The Bertz CT molecular complexity index is 596. The summed E-state index contributed by atoms with van der Waals surface area (Å²) in [5, 5.41) is 4.31. The van der Waals surface area contributed by atoms with E-state index in [9.17, 15) is 0 Å². The molecule has 3 nitrogen and oxygen atoms in total. The molecule has 128 valence electrons. The van der Waals surface area contributed by atoms with Gasteiger partial charge in [0.05, 0.1) is 19.4 Å². The van der Waals surface area contributed by atoms with Crippen LogP contribution >= 0.6 is 0 Å². The Kier molecular flexibility index (Phi) is 8.48. The van der Waals surface area contributed by atoms with E-state index in [1.807, 2.05) is 48.7 Å². The van der Waals surface area contributed by atoms with Gasteiger partial charge in [-0.05, 0) is 24.1 Å². The Morgan fingerprint density at radius 1 is 0.917 bits per heavy atom. The summed E-state index contributed by atoms with van der Waals surface area (Å²) in [6.45, 7) is 3.72. The first kappa shape index (κ1) is 18.1. The van der Waals surface area contributed by atoms with Gasteiger partial charge in [0.2, 0.25) is 0 Å². The van der Waals surface area contributed by atoms with Gasteiger partial charge in [0.15, 0.2) is 0 Å². The van der Waals surface area contributed by atoms with E-state index >= 15 is 0 Å². The number of benzene rings is 2. The second-order valence-corrected chi connectivity index (χ2v) is 5.88. The Morgan fingerprint density at radius 2 is 1.67 bits per heavy atom. The van der Waals surface area contributed by atoms with Crippen molar-refractivity contribution in [3.8, 4) is 5.75 Å². The van der Waals surface area contributed by atoms with Crippen LogP contribution in [0.2, 0.25) is 0 Å². The lowest BCUT2D eigenvalue weighted by Gasteiger charge is -2.09. The number of ether oxygens (including phenoxy) is 1. The third kappa shape index (κ3) is 6.86. The van der Waals surface area contributed by atoms with Gasteiger partial charge in [0, 0.05) is 5.56 Å². The van der Waals surface area contributed by atoms with E-state index in [4.69, 9.17) is 4.74 Å². The molecule has 2 aromatic rings. The molecule has 3 heteroatoms. The molecule has 0 unspecified atom stereocenters. The summed E-state index contributed by atoms with van der Waals surface area (Å²) in [6, 6.07) is 18.3. The smallest absolute Gasteiger partial charge is 0.128 e. The maximum Gasteiger partial charge on any atom is 0.128 e. The van der Waals surface area contributed by atoms with Crippen molar-refractivity contribution in [3.05, 3.63) is 65.7 Å². The van der Waals surface area contributed by atoms with Crippen LogP contribution < -0.4 is 10.2 Å². The van der Waals surface area contributed by atoms with Gasteiger partial charge in [0.25, 0.3) is 0 Å². The van der Waals surface area contributed by atoms with E-state index in [0.717, 1.165) is 30.9 Å². The average molecular weight is 324 g/mol. The normalized spacial score (nSPS) is 10.9. The molecular weight excluding hydrogens is 296 g/mol. The molecule has 0 radical (unpaired) electrons. The van der Waals surface area contributed by atoms with Gasteiger partial charge in [-0.15, -0.1) is 0 Å². The van der Waals surface area contributed by atoms with Gasteiger partial charge < -0.3 is 10.2 Å². The summed E-state index contributed by atoms with van der Waals surface area (Å²) >= 11 is 0. The minimum atomic E-state index is 0.720. The molecule has 0 heterocycles. The average Bonchev–Trinajstić information content (AvgIpc) is 2.63. The fourth-order valence-electron chi connectivity index (χ4n) is 2.45. The first-order valence-electron chi connectivity index (χ1n) is 8.92. The van der Waals surface area contributed by atoms with Gasteiger partial charge in [-0.25, -0.2) is 0 Å². The molecule has 1 N–H and O–H groups in total. The lowest BCUT2D eigenvalue weighted by atomic mass is 10.2. The van der Waals surface area contributed by atoms with Crippen molar-refractivity contribution in [2.24, 2.45) is 5.10 Å². The van der Waals surface area contributed by atoms with Crippen LogP contribution in [-0.4, -0.2) is 12.8 Å². The number of hydrazone groups is 1. The van der Waals surface area contributed by atoms with Gasteiger partial charge in [-0.2, -0.15) is 5.10 Å². The van der Waals surface area contributed by atoms with E-state index < -0.39 is 0 Å². The van der Waals surface area contributed by atoms with Crippen molar-refractivity contribution < 1.29 is 4.74 Å². The van der Waals surface area contributed by atoms with E-state index in [-0.39, 0.29) is 0 Å². The van der Waals surface area contributed by atoms with Gasteiger partial charge in [-0.3, -0.25) is 0 Å². The largest absolute Gasteiger partial charge is 0.493 e. The number of hydrogen-bond donors (Lipinski definition) is 1. The highest BCUT2D eigenvalue weighted by Crippen LogP contribution is 2.16. The molecule has 0 bridgehead atoms. The lowest BCUT2D eigenvalue weighted by Crippen LogP contribution is -2.06. The first-order valence-corrected chi connectivity index (χ1v) is 8.92. The first-order chi connectivity index (χ1) is 11.9. The highest BCUT2D eigenvalue weighted by atomic mass is 16.5. The molecule has 0 amide bonds. The quantitative estimate of drug-likeness (QED) is 0.352. The summed E-state index contributed by atoms with van der Waals surface area (Å²) in [7, 11) is 0. The summed E-state index contributed by atoms with van der Waals surface area (Å²) in [6.07, 6.45) is 8.06. The Hall–Kier alpha value is -2.29. The van der Waals surface area contributed by atoms with Crippen molar-refractivity contribution in [2.75, 3.05) is 6.61 Å². The summed E-state index contributed by atoms with van der Waals surface area (Å²) in [5.74, 6) is 0.901. The Morgan fingerprint density at radius 3 is 2.50 bits per heavy atom. The molecule has 0 aromatic heterocycles. The van der Waals surface area contributed by atoms with Crippen LogP contribution in [0.5, 0.6) is 5.75 Å². The lowest BCUT2D eigenvalue weighted by molar-refractivity contribution is 0.304. The Balaban J connectivity index is 1.76. The molecule has 0 aliphatic carbocycles. The fourth-order valence-corrected chi connectivity index (χ4v) is 2.45. The Labute approximate surface area is 145 Å². The minimum Gasteiger partial charge on any atom is -0.493 e. The minimum absolute atomic E-state index is 0.720. The zero-order valence-corrected chi connectivity index (χ0v) is 14.6. The van der Waals surface area contributed by atoms with Crippen LogP contribution in [0.25, 0.3) is 0 Å². The predicted octanol–water partition coefficient (Wildman–Crippen LogP) is 5.16. The van der Waals surface area contributed by atoms with E-state index in [1.54, 1.807) is 0 Å². The highest BCUT2D eigenvalue weighted by molar-refractivity contribution is 5.83. The summed E-state index contributed by atoms with van der Waals surface area (Å²) in [5.41, 5.74) is 5.30. The van der Waals surface area contributed by atoms with Crippen LogP contribution in [0.4, 0.5) is 0 Å². The number of hydrogen-bond acceptors (Lipinski definition) is 3. The maximum atomic E-state index is 5.91. The zero-order chi connectivity index (χ0) is 16.9. The summed E-state index contributed by atoms with van der Waals surface area (Å²) in [4.78, 5) is 0. The molecule has 0 fully saturated rings. The topological polar surface area (TPSA) is 33.6 Å². The number of nitrogens with zero attached hydrogens (tertiary/aromatic N) is 1.